The van der Waals surface area contributed by atoms with Gasteiger partial charge >= 0.3 is 0 Å². The van der Waals surface area contributed by atoms with Crippen LogP contribution in [0.5, 0.6) is 0 Å². The Balaban J connectivity index is 2.58. The molecule has 1 nitrogen and oxygen atoms in total. The number of hydrogen-bond acceptors (Lipinski definition) is 1. The summed E-state index contributed by atoms with van der Waals surface area (Å²) in [6, 6.07) is 13.0. The Hall–Kier alpha value is -1.34. The van der Waals surface area contributed by atoms with Gasteiger partial charge in [0.2, 0.25) is 0 Å². The first-order valence-electron chi connectivity index (χ1n) is 5.98. The van der Waals surface area contributed by atoms with Crippen LogP contribution in [0, 0.1) is 6.92 Å². The summed E-state index contributed by atoms with van der Waals surface area (Å²) in [7, 11) is 0. The van der Waals surface area contributed by atoms with Crippen molar-refractivity contribution >= 4 is 10.8 Å². The highest BCUT2D eigenvalue weighted by molar-refractivity contribution is 5.88. The number of fused-ring (bicyclic) bond motifs is 1. The van der Waals surface area contributed by atoms with E-state index in [0.29, 0.717) is 0 Å². The predicted octanol–water partition coefficient (Wildman–Crippen LogP) is 3.95. The molecule has 84 valence electrons. The van der Waals surface area contributed by atoms with Crippen molar-refractivity contribution in [2.45, 2.75) is 32.7 Å². The summed E-state index contributed by atoms with van der Waals surface area (Å²) in [4.78, 5) is 0. The minimum Gasteiger partial charge on any atom is -0.324 e. The van der Waals surface area contributed by atoms with Crippen molar-refractivity contribution in [2.75, 3.05) is 0 Å². The number of benzene rings is 2. The summed E-state index contributed by atoms with van der Waals surface area (Å²) >= 11 is 0. The first-order chi connectivity index (χ1) is 7.74. The Bertz CT molecular complexity index is 488. The molecular weight excluding hydrogens is 194 g/mol. The molecule has 0 aliphatic rings. The SMILES string of the molecule is CCC[C@@H](N)c1ccc(C)c2ccccc12. The third kappa shape index (κ3) is 1.96. The van der Waals surface area contributed by atoms with Crippen LogP contribution in [0.4, 0.5) is 0 Å². The lowest BCUT2D eigenvalue weighted by Gasteiger charge is -2.15. The minimum atomic E-state index is 0.162. The normalized spacial score (nSPS) is 12.9. The van der Waals surface area contributed by atoms with E-state index in [1.807, 2.05) is 0 Å². The van der Waals surface area contributed by atoms with Gasteiger partial charge in [0.15, 0.2) is 0 Å². The van der Waals surface area contributed by atoms with Gasteiger partial charge in [-0.1, -0.05) is 49.7 Å². The maximum atomic E-state index is 6.22. The molecule has 0 radical (unpaired) electrons. The third-order valence-corrected chi connectivity index (χ3v) is 3.17. The van der Waals surface area contributed by atoms with Gasteiger partial charge in [0, 0.05) is 6.04 Å². The lowest BCUT2D eigenvalue weighted by Crippen LogP contribution is -2.10. The van der Waals surface area contributed by atoms with Crippen LogP contribution in [0.25, 0.3) is 10.8 Å². The first-order valence-corrected chi connectivity index (χ1v) is 5.98. The van der Waals surface area contributed by atoms with Crippen LogP contribution in [0.2, 0.25) is 0 Å². The van der Waals surface area contributed by atoms with Crippen LogP contribution in [0.3, 0.4) is 0 Å². The number of nitrogens with two attached hydrogens (primary N) is 1. The molecule has 0 aliphatic carbocycles. The fraction of sp³-hybridized carbons (Fsp3) is 0.333. The summed E-state index contributed by atoms with van der Waals surface area (Å²) in [6.07, 6.45) is 2.18. The zero-order valence-electron chi connectivity index (χ0n) is 10.0. The molecule has 2 aromatic rings. The molecule has 0 amide bonds. The lowest BCUT2D eigenvalue weighted by molar-refractivity contribution is 0.642. The van der Waals surface area contributed by atoms with Gasteiger partial charge in [-0.05, 0) is 35.2 Å². The molecule has 2 N–H and O–H groups in total. The van der Waals surface area contributed by atoms with Gasteiger partial charge in [-0.2, -0.15) is 0 Å². The summed E-state index contributed by atoms with van der Waals surface area (Å²) < 4.78 is 0. The molecule has 0 unspecified atom stereocenters. The van der Waals surface area contributed by atoms with E-state index in [0.717, 1.165) is 12.8 Å². The molecule has 0 saturated carbocycles. The maximum absolute atomic E-state index is 6.22. The molecule has 2 aromatic carbocycles. The highest BCUT2D eigenvalue weighted by atomic mass is 14.6. The number of hydrogen-bond donors (Lipinski definition) is 1. The largest absolute Gasteiger partial charge is 0.324 e. The Kier molecular flexibility index (Phi) is 3.25. The second-order valence-electron chi connectivity index (χ2n) is 4.41. The summed E-state index contributed by atoms with van der Waals surface area (Å²) in [5.74, 6) is 0. The second kappa shape index (κ2) is 4.67. The van der Waals surface area contributed by atoms with Crippen molar-refractivity contribution in [3.63, 3.8) is 0 Å². The molecule has 2 rings (SSSR count). The smallest absolute Gasteiger partial charge is 0.0300 e. The van der Waals surface area contributed by atoms with Crippen LogP contribution in [-0.2, 0) is 0 Å². The zero-order chi connectivity index (χ0) is 11.5. The summed E-state index contributed by atoms with van der Waals surface area (Å²) in [5, 5.41) is 2.63. The average molecular weight is 213 g/mol. The van der Waals surface area contributed by atoms with Gasteiger partial charge in [-0.25, -0.2) is 0 Å². The van der Waals surface area contributed by atoms with Crippen molar-refractivity contribution < 1.29 is 0 Å². The summed E-state index contributed by atoms with van der Waals surface area (Å²) in [5.41, 5.74) is 8.82. The average Bonchev–Trinajstić information content (AvgIpc) is 2.30. The van der Waals surface area contributed by atoms with E-state index < -0.39 is 0 Å². The first kappa shape index (κ1) is 11.2. The van der Waals surface area contributed by atoms with Crippen molar-refractivity contribution in [3.05, 3.63) is 47.5 Å². The molecule has 0 saturated heterocycles. The van der Waals surface area contributed by atoms with E-state index in [2.05, 4.69) is 50.2 Å². The van der Waals surface area contributed by atoms with Gasteiger partial charge in [-0.15, -0.1) is 0 Å². The molecule has 1 atom stereocenters. The van der Waals surface area contributed by atoms with Crippen LogP contribution in [0.15, 0.2) is 36.4 Å². The third-order valence-electron chi connectivity index (χ3n) is 3.17. The number of aryl methyl sites for hydroxylation is 1. The molecule has 0 aliphatic heterocycles. The molecule has 0 bridgehead atoms. The minimum absolute atomic E-state index is 0.162. The van der Waals surface area contributed by atoms with E-state index in [9.17, 15) is 0 Å². The number of rotatable bonds is 3. The Morgan fingerprint density at radius 1 is 1.06 bits per heavy atom. The van der Waals surface area contributed by atoms with Gasteiger partial charge in [0.05, 0.1) is 0 Å². The van der Waals surface area contributed by atoms with Gasteiger partial charge in [0.25, 0.3) is 0 Å². The van der Waals surface area contributed by atoms with E-state index >= 15 is 0 Å². The van der Waals surface area contributed by atoms with Crippen molar-refractivity contribution in [3.8, 4) is 0 Å². The topological polar surface area (TPSA) is 26.0 Å². The molecule has 0 heterocycles. The Morgan fingerprint density at radius 2 is 1.75 bits per heavy atom. The van der Waals surface area contributed by atoms with E-state index in [-0.39, 0.29) is 6.04 Å². The van der Waals surface area contributed by atoms with E-state index in [1.165, 1.54) is 21.9 Å². The molecule has 1 heteroatoms. The lowest BCUT2D eigenvalue weighted by atomic mass is 9.94. The van der Waals surface area contributed by atoms with Gasteiger partial charge in [0.1, 0.15) is 0 Å². The van der Waals surface area contributed by atoms with Crippen LogP contribution in [0.1, 0.15) is 36.9 Å². The summed E-state index contributed by atoms with van der Waals surface area (Å²) in [6.45, 7) is 4.33. The monoisotopic (exact) mass is 213 g/mol. The van der Waals surface area contributed by atoms with Crippen LogP contribution in [-0.4, -0.2) is 0 Å². The quantitative estimate of drug-likeness (QED) is 0.820. The van der Waals surface area contributed by atoms with Crippen molar-refractivity contribution in [2.24, 2.45) is 5.73 Å². The maximum Gasteiger partial charge on any atom is 0.0300 e. The molecule has 0 fully saturated rings. The van der Waals surface area contributed by atoms with Crippen LogP contribution < -0.4 is 5.73 Å². The molecule has 0 spiro atoms. The Morgan fingerprint density at radius 3 is 2.44 bits per heavy atom. The van der Waals surface area contributed by atoms with E-state index in [1.54, 1.807) is 0 Å². The zero-order valence-corrected chi connectivity index (χ0v) is 10.0. The molecular formula is C15H19N. The fourth-order valence-electron chi connectivity index (χ4n) is 2.26. The standard InChI is InChI=1S/C15H19N/c1-3-6-15(16)14-10-9-11(2)12-7-4-5-8-13(12)14/h4-5,7-10,15H,3,6,16H2,1-2H3/t15-/m1/s1. The Labute approximate surface area is 97.3 Å². The molecule has 0 aromatic heterocycles. The highest BCUT2D eigenvalue weighted by Gasteiger charge is 2.09. The molecule has 16 heavy (non-hydrogen) atoms. The predicted molar refractivity (Wildman–Crippen MR) is 70.5 cm³/mol. The van der Waals surface area contributed by atoms with Gasteiger partial charge in [-0.3, -0.25) is 0 Å². The van der Waals surface area contributed by atoms with Crippen LogP contribution >= 0.6 is 0 Å². The van der Waals surface area contributed by atoms with Crippen molar-refractivity contribution in [1.82, 2.24) is 0 Å². The fourth-order valence-corrected chi connectivity index (χ4v) is 2.26. The second-order valence-corrected chi connectivity index (χ2v) is 4.41. The van der Waals surface area contributed by atoms with Gasteiger partial charge < -0.3 is 5.73 Å². The van der Waals surface area contributed by atoms with Crippen molar-refractivity contribution in [1.29, 1.82) is 0 Å². The highest BCUT2D eigenvalue weighted by Crippen LogP contribution is 2.27. The van der Waals surface area contributed by atoms with E-state index in [4.69, 9.17) is 5.73 Å².